The summed E-state index contributed by atoms with van der Waals surface area (Å²) >= 11 is 6.38. The minimum absolute atomic E-state index is 0.186. The molecule has 37 heavy (non-hydrogen) atoms. The zero-order valence-corrected chi connectivity index (χ0v) is 23.8. The van der Waals surface area contributed by atoms with Gasteiger partial charge in [-0.05, 0) is 55.2 Å². The molecule has 200 valence electrons. The number of nitrogens with zero attached hydrogens (tertiary/aromatic N) is 3. The number of benzene rings is 2. The molecule has 3 aromatic rings. The van der Waals surface area contributed by atoms with Gasteiger partial charge in [0.25, 0.3) is 0 Å². The maximum absolute atomic E-state index is 13.6. The average molecular weight is 544 g/mol. The van der Waals surface area contributed by atoms with Crippen LogP contribution in [-0.2, 0) is 27.9 Å². The highest BCUT2D eigenvalue weighted by Crippen LogP contribution is 2.20. The first kappa shape index (κ1) is 29.0. The van der Waals surface area contributed by atoms with E-state index in [1.807, 2.05) is 56.4 Å². The minimum Gasteiger partial charge on any atom is -0.345 e. The molecule has 0 saturated heterocycles. The van der Waals surface area contributed by atoms with Gasteiger partial charge in [-0.2, -0.15) is 4.31 Å². The molecule has 1 aromatic heterocycles. The molecule has 0 spiro atoms. The van der Waals surface area contributed by atoms with Gasteiger partial charge in [0, 0.05) is 36.5 Å². The number of unbranched alkanes of at least 4 members (excludes halogenated alkanes) is 1. The molecular formula is C29H38ClN3O3S. The Labute approximate surface area is 226 Å². The number of sulfonamides is 1. The largest absolute Gasteiger partial charge is 0.345 e. The van der Waals surface area contributed by atoms with Gasteiger partial charge in [-0.25, -0.2) is 8.42 Å². The quantitative estimate of drug-likeness (QED) is 0.267. The fraction of sp³-hybridized carbons (Fsp3) is 0.414. The molecule has 0 aliphatic rings. The van der Waals surface area contributed by atoms with Crippen LogP contribution in [0.25, 0.3) is 0 Å². The van der Waals surface area contributed by atoms with Gasteiger partial charge in [0.05, 0.1) is 18.0 Å². The highest BCUT2D eigenvalue weighted by atomic mass is 35.5. The van der Waals surface area contributed by atoms with Crippen molar-refractivity contribution in [1.29, 1.82) is 0 Å². The van der Waals surface area contributed by atoms with Gasteiger partial charge in [-0.1, -0.05) is 74.7 Å². The van der Waals surface area contributed by atoms with Crippen LogP contribution in [0.5, 0.6) is 0 Å². The van der Waals surface area contributed by atoms with E-state index in [9.17, 15) is 13.2 Å². The van der Waals surface area contributed by atoms with Gasteiger partial charge < -0.3 is 9.47 Å². The van der Waals surface area contributed by atoms with Crippen LogP contribution in [0.4, 0.5) is 0 Å². The Hall–Kier alpha value is -2.61. The van der Waals surface area contributed by atoms with E-state index in [0.29, 0.717) is 37.6 Å². The van der Waals surface area contributed by atoms with Gasteiger partial charge in [0.2, 0.25) is 15.9 Å². The van der Waals surface area contributed by atoms with Gasteiger partial charge in [-0.3, -0.25) is 4.79 Å². The molecule has 8 heteroatoms. The molecule has 0 fully saturated rings. The fourth-order valence-corrected chi connectivity index (χ4v) is 5.80. The molecule has 6 nitrogen and oxygen atoms in total. The summed E-state index contributed by atoms with van der Waals surface area (Å²) in [5.41, 5.74) is 2.95. The first-order valence-corrected chi connectivity index (χ1v) is 14.7. The van der Waals surface area contributed by atoms with Crippen molar-refractivity contribution >= 4 is 27.5 Å². The summed E-state index contributed by atoms with van der Waals surface area (Å²) in [6.45, 7) is 9.67. The predicted molar refractivity (Wildman–Crippen MR) is 150 cm³/mol. The second kappa shape index (κ2) is 13.3. The maximum Gasteiger partial charge on any atom is 0.243 e. The standard InChI is InChI=1S/C29H38ClN3O3S/c1-5-6-18-33(37(35,36)27-15-13-24(4)14-16-27)22-29(34)32(19-23(2)3)21-26-11-9-17-31(26)20-25-10-7-8-12-28(25)30/h7-17,23H,5-6,18-22H2,1-4H3. The molecule has 0 N–H and O–H groups in total. The van der Waals surface area contributed by atoms with E-state index in [4.69, 9.17) is 11.6 Å². The number of hydrogen-bond acceptors (Lipinski definition) is 3. The third-order valence-corrected chi connectivity index (χ3v) is 8.47. The van der Waals surface area contributed by atoms with Crippen molar-refractivity contribution in [2.45, 2.75) is 58.5 Å². The van der Waals surface area contributed by atoms with E-state index in [-0.39, 0.29) is 23.3 Å². The minimum atomic E-state index is -3.80. The second-order valence-corrected chi connectivity index (χ2v) is 12.2. The van der Waals surface area contributed by atoms with Crippen LogP contribution in [0.3, 0.4) is 0 Å². The molecule has 2 aromatic carbocycles. The zero-order valence-electron chi connectivity index (χ0n) is 22.2. The third-order valence-electron chi connectivity index (χ3n) is 6.24. The van der Waals surface area contributed by atoms with Gasteiger partial charge >= 0.3 is 0 Å². The Morgan fingerprint density at radius 1 is 1.03 bits per heavy atom. The molecule has 0 radical (unpaired) electrons. The summed E-state index contributed by atoms with van der Waals surface area (Å²) in [6, 6.07) is 18.5. The lowest BCUT2D eigenvalue weighted by atomic mass is 10.2. The number of aryl methyl sites for hydroxylation is 1. The topological polar surface area (TPSA) is 62.6 Å². The summed E-state index contributed by atoms with van der Waals surface area (Å²) < 4.78 is 30.4. The molecule has 0 bridgehead atoms. The van der Waals surface area contributed by atoms with Crippen molar-refractivity contribution in [3.63, 3.8) is 0 Å². The number of aromatic nitrogens is 1. The van der Waals surface area contributed by atoms with Crippen LogP contribution in [0.15, 0.2) is 71.8 Å². The lowest BCUT2D eigenvalue weighted by molar-refractivity contribution is -0.132. The van der Waals surface area contributed by atoms with Crippen LogP contribution in [0.1, 0.15) is 50.4 Å². The monoisotopic (exact) mass is 543 g/mol. The predicted octanol–water partition coefficient (Wildman–Crippen LogP) is 5.97. The fourth-order valence-electron chi connectivity index (χ4n) is 4.18. The second-order valence-electron chi connectivity index (χ2n) is 9.89. The van der Waals surface area contributed by atoms with Crippen LogP contribution < -0.4 is 0 Å². The van der Waals surface area contributed by atoms with Crippen LogP contribution in [-0.4, -0.2) is 47.7 Å². The third kappa shape index (κ3) is 7.94. The average Bonchev–Trinajstić information content (AvgIpc) is 3.29. The summed E-state index contributed by atoms with van der Waals surface area (Å²) in [7, 11) is -3.80. The Balaban J connectivity index is 1.83. The van der Waals surface area contributed by atoms with Crippen molar-refractivity contribution in [2.75, 3.05) is 19.6 Å². The van der Waals surface area contributed by atoms with Crippen LogP contribution in [0, 0.1) is 12.8 Å². The van der Waals surface area contributed by atoms with E-state index in [1.165, 1.54) is 4.31 Å². The SMILES string of the molecule is CCCCN(CC(=O)N(Cc1cccn1Cc1ccccc1Cl)CC(C)C)S(=O)(=O)c1ccc(C)cc1. The molecular weight excluding hydrogens is 506 g/mol. The number of carbonyl (C=O) groups is 1. The summed E-state index contributed by atoms with van der Waals surface area (Å²) in [4.78, 5) is 15.6. The normalized spacial score (nSPS) is 11.9. The molecule has 1 amide bonds. The van der Waals surface area contributed by atoms with Crippen LogP contribution >= 0.6 is 11.6 Å². The Morgan fingerprint density at radius 3 is 2.38 bits per heavy atom. The highest BCUT2D eigenvalue weighted by molar-refractivity contribution is 7.89. The number of carbonyl (C=O) groups excluding carboxylic acids is 1. The maximum atomic E-state index is 13.6. The van der Waals surface area contributed by atoms with Crippen molar-refractivity contribution in [3.8, 4) is 0 Å². The van der Waals surface area contributed by atoms with E-state index < -0.39 is 10.0 Å². The molecule has 0 saturated carbocycles. The summed E-state index contributed by atoms with van der Waals surface area (Å²) in [6.07, 6.45) is 3.49. The van der Waals surface area contributed by atoms with Gasteiger partial charge in [-0.15, -0.1) is 0 Å². The van der Waals surface area contributed by atoms with E-state index in [2.05, 4.69) is 18.4 Å². The zero-order chi connectivity index (χ0) is 27.0. The first-order valence-electron chi connectivity index (χ1n) is 12.8. The number of rotatable bonds is 13. The van der Waals surface area contributed by atoms with Gasteiger partial charge in [0.15, 0.2) is 0 Å². The Bertz CT molecular complexity index is 1270. The van der Waals surface area contributed by atoms with E-state index >= 15 is 0 Å². The summed E-state index contributed by atoms with van der Waals surface area (Å²) in [5.74, 6) is 0.0275. The highest BCUT2D eigenvalue weighted by Gasteiger charge is 2.28. The van der Waals surface area contributed by atoms with Crippen molar-refractivity contribution in [1.82, 2.24) is 13.8 Å². The molecule has 0 aliphatic carbocycles. The van der Waals surface area contributed by atoms with E-state index in [1.54, 1.807) is 29.2 Å². The van der Waals surface area contributed by atoms with Gasteiger partial charge in [0.1, 0.15) is 0 Å². The summed E-state index contributed by atoms with van der Waals surface area (Å²) in [5, 5.41) is 0.699. The lowest BCUT2D eigenvalue weighted by Crippen LogP contribution is -2.44. The number of amides is 1. The number of hydrogen-bond donors (Lipinski definition) is 0. The molecule has 0 unspecified atom stereocenters. The van der Waals surface area contributed by atoms with E-state index in [0.717, 1.165) is 23.2 Å². The van der Waals surface area contributed by atoms with Crippen LogP contribution in [0.2, 0.25) is 5.02 Å². The number of halogens is 1. The molecule has 0 aliphatic heterocycles. The molecule has 1 heterocycles. The lowest BCUT2D eigenvalue weighted by Gasteiger charge is -2.29. The molecule has 3 rings (SSSR count). The van der Waals surface area contributed by atoms with Crippen molar-refractivity contribution < 1.29 is 13.2 Å². The molecule has 0 atom stereocenters. The first-order chi connectivity index (χ1) is 17.6. The van der Waals surface area contributed by atoms with Crippen molar-refractivity contribution in [2.24, 2.45) is 5.92 Å². The van der Waals surface area contributed by atoms with Crippen molar-refractivity contribution in [3.05, 3.63) is 88.7 Å². The Kier molecular flexibility index (Phi) is 10.4. The smallest absolute Gasteiger partial charge is 0.243 e. The Morgan fingerprint density at radius 2 is 1.73 bits per heavy atom.